The van der Waals surface area contributed by atoms with E-state index in [1.807, 2.05) is 37.3 Å². The van der Waals surface area contributed by atoms with Gasteiger partial charge in [0, 0.05) is 37.2 Å². The van der Waals surface area contributed by atoms with Crippen LogP contribution in [-0.4, -0.2) is 47.2 Å². The summed E-state index contributed by atoms with van der Waals surface area (Å²) in [5, 5.41) is 6.83. The largest absolute Gasteiger partial charge is 0.383 e. The number of aromatic nitrogens is 3. The summed E-state index contributed by atoms with van der Waals surface area (Å²) >= 11 is 0. The number of ether oxygens (including phenoxy) is 1. The van der Waals surface area contributed by atoms with E-state index in [0.29, 0.717) is 42.5 Å². The van der Waals surface area contributed by atoms with Gasteiger partial charge in [0.25, 0.3) is 11.5 Å². The van der Waals surface area contributed by atoms with Gasteiger partial charge in [0.15, 0.2) is 5.65 Å². The third-order valence-electron chi connectivity index (χ3n) is 5.46. The molecule has 2 heterocycles. The fraction of sp³-hybridized carbons (Fsp3) is 0.231. The van der Waals surface area contributed by atoms with E-state index in [1.165, 1.54) is 16.2 Å². The van der Waals surface area contributed by atoms with Gasteiger partial charge in [-0.15, -0.1) is 0 Å². The maximum atomic E-state index is 12.8. The average molecular weight is 458 g/mol. The third kappa shape index (κ3) is 5.29. The van der Waals surface area contributed by atoms with E-state index >= 15 is 0 Å². The molecule has 0 saturated carbocycles. The van der Waals surface area contributed by atoms with Crippen molar-refractivity contribution in [2.75, 3.05) is 32.1 Å². The molecule has 174 valence electrons. The van der Waals surface area contributed by atoms with Gasteiger partial charge in [-0.05, 0) is 49.2 Å². The van der Waals surface area contributed by atoms with E-state index < -0.39 is 0 Å². The van der Waals surface area contributed by atoms with Crippen molar-refractivity contribution >= 4 is 22.9 Å². The van der Waals surface area contributed by atoms with Gasteiger partial charge < -0.3 is 15.4 Å². The molecule has 8 heteroatoms. The molecule has 4 aromatic rings. The Labute approximate surface area is 197 Å². The summed E-state index contributed by atoms with van der Waals surface area (Å²) in [6.45, 7) is 3.48. The zero-order valence-corrected chi connectivity index (χ0v) is 19.2. The first-order valence-corrected chi connectivity index (χ1v) is 11.1. The number of hydrogen-bond donors (Lipinski definition) is 2. The molecule has 0 bridgehead atoms. The quantitative estimate of drug-likeness (QED) is 0.375. The number of carbonyl (C=O) groups is 1. The zero-order chi connectivity index (χ0) is 23.9. The summed E-state index contributed by atoms with van der Waals surface area (Å²) in [4.78, 5) is 34.4. The number of anilines is 1. The van der Waals surface area contributed by atoms with Crippen LogP contribution in [0.5, 0.6) is 0 Å². The first-order chi connectivity index (χ1) is 16.6. The second kappa shape index (κ2) is 10.7. The van der Waals surface area contributed by atoms with Crippen LogP contribution < -0.4 is 16.2 Å². The maximum absolute atomic E-state index is 12.8. The number of methoxy groups -OCH3 is 1. The number of nitrogens with one attached hydrogen (secondary N) is 2. The summed E-state index contributed by atoms with van der Waals surface area (Å²) < 4.78 is 6.60. The minimum absolute atomic E-state index is 0.157. The number of rotatable bonds is 9. The van der Waals surface area contributed by atoms with Crippen LogP contribution in [0.4, 0.5) is 5.95 Å². The maximum Gasteiger partial charge on any atom is 0.256 e. The molecule has 2 N–H and O–H groups in total. The van der Waals surface area contributed by atoms with Crippen LogP contribution in [0.2, 0.25) is 0 Å². The summed E-state index contributed by atoms with van der Waals surface area (Å²) in [6.07, 6.45) is 0.760. The van der Waals surface area contributed by atoms with Gasteiger partial charge in [-0.25, -0.2) is 4.98 Å². The molecule has 0 aliphatic carbocycles. The first-order valence-electron chi connectivity index (χ1n) is 11.1. The fourth-order valence-corrected chi connectivity index (χ4v) is 3.69. The predicted octanol–water partition coefficient (Wildman–Crippen LogP) is 3.12. The number of hydrogen-bond acceptors (Lipinski definition) is 6. The SMILES string of the molecule is COCCNc1nc(C)c2ccc(=O)n(-c3ccc(C(=O)NCCc4ccccc4)cc3)c2n1. The van der Waals surface area contributed by atoms with Crippen LogP contribution in [0.15, 0.2) is 71.5 Å². The van der Waals surface area contributed by atoms with Crippen molar-refractivity contribution in [2.45, 2.75) is 13.3 Å². The van der Waals surface area contributed by atoms with Crippen LogP contribution in [0, 0.1) is 6.92 Å². The molecule has 0 radical (unpaired) electrons. The lowest BCUT2D eigenvalue weighted by Crippen LogP contribution is -2.25. The van der Waals surface area contributed by atoms with Gasteiger partial charge in [0.1, 0.15) is 0 Å². The van der Waals surface area contributed by atoms with Crippen LogP contribution in [0.1, 0.15) is 21.6 Å². The van der Waals surface area contributed by atoms with Gasteiger partial charge in [-0.2, -0.15) is 4.98 Å². The molecule has 0 unspecified atom stereocenters. The lowest BCUT2D eigenvalue weighted by atomic mass is 10.1. The second-order valence-corrected chi connectivity index (χ2v) is 7.83. The lowest BCUT2D eigenvalue weighted by molar-refractivity contribution is 0.0954. The van der Waals surface area contributed by atoms with Gasteiger partial charge in [-0.3, -0.25) is 14.2 Å². The second-order valence-electron chi connectivity index (χ2n) is 7.83. The molecular weight excluding hydrogens is 430 g/mol. The molecule has 0 fully saturated rings. The Morgan fingerprint density at radius 3 is 2.47 bits per heavy atom. The highest BCUT2D eigenvalue weighted by molar-refractivity contribution is 5.94. The van der Waals surface area contributed by atoms with Crippen molar-refractivity contribution in [3.8, 4) is 5.69 Å². The molecule has 0 atom stereocenters. The van der Waals surface area contributed by atoms with Crippen LogP contribution in [-0.2, 0) is 11.2 Å². The van der Waals surface area contributed by atoms with Crippen LogP contribution in [0.3, 0.4) is 0 Å². The molecule has 1 amide bonds. The molecule has 0 spiro atoms. The summed E-state index contributed by atoms with van der Waals surface area (Å²) in [6, 6.07) is 20.2. The van der Waals surface area contributed by atoms with E-state index in [1.54, 1.807) is 37.4 Å². The minimum Gasteiger partial charge on any atom is -0.383 e. The molecule has 4 rings (SSSR count). The zero-order valence-electron chi connectivity index (χ0n) is 19.2. The highest BCUT2D eigenvalue weighted by Crippen LogP contribution is 2.19. The van der Waals surface area contributed by atoms with Gasteiger partial charge in [-0.1, -0.05) is 30.3 Å². The van der Waals surface area contributed by atoms with Crippen molar-refractivity contribution < 1.29 is 9.53 Å². The molecule has 0 aliphatic rings. The summed E-state index contributed by atoms with van der Waals surface area (Å²) in [5.74, 6) is 0.270. The fourth-order valence-electron chi connectivity index (χ4n) is 3.69. The Morgan fingerprint density at radius 1 is 0.971 bits per heavy atom. The smallest absolute Gasteiger partial charge is 0.256 e. The third-order valence-corrected chi connectivity index (χ3v) is 5.46. The van der Waals surface area contributed by atoms with E-state index in [9.17, 15) is 9.59 Å². The molecule has 0 aliphatic heterocycles. The normalized spacial score (nSPS) is 10.9. The van der Waals surface area contributed by atoms with Crippen LogP contribution >= 0.6 is 0 Å². The molecule has 8 nitrogen and oxygen atoms in total. The molecule has 34 heavy (non-hydrogen) atoms. The van der Waals surface area contributed by atoms with E-state index in [-0.39, 0.29) is 11.5 Å². The lowest BCUT2D eigenvalue weighted by Gasteiger charge is -2.13. The van der Waals surface area contributed by atoms with Gasteiger partial charge in [0.05, 0.1) is 18.0 Å². The number of fused-ring (bicyclic) bond motifs is 1. The highest BCUT2D eigenvalue weighted by atomic mass is 16.5. The van der Waals surface area contributed by atoms with Crippen molar-refractivity contribution in [2.24, 2.45) is 0 Å². The van der Waals surface area contributed by atoms with Crippen molar-refractivity contribution in [3.05, 3.63) is 93.9 Å². The first kappa shape index (κ1) is 23.1. The van der Waals surface area contributed by atoms with E-state index in [4.69, 9.17) is 4.74 Å². The van der Waals surface area contributed by atoms with Crippen molar-refractivity contribution in [1.82, 2.24) is 19.9 Å². The molecular formula is C26H27N5O3. The van der Waals surface area contributed by atoms with E-state index in [2.05, 4.69) is 20.6 Å². The van der Waals surface area contributed by atoms with E-state index in [0.717, 1.165) is 17.5 Å². The predicted molar refractivity (Wildman–Crippen MR) is 133 cm³/mol. The Bertz CT molecular complexity index is 1330. The number of nitrogens with zero attached hydrogens (tertiary/aromatic N) is 3. The molecule has 0 saturated heterocycles. The summed E-state index contributed by atoms with van der Waals surface area (Å²) in [5.41, 5.74) is 3.36. The van der Waals surface area contributed by atoms with Gasteiger partial charge in [0.2, 0.25) is 5.95 Å². The van der Waals surface area contributed by atoms with Crippen molar-refractivity contribution in [1.29, 1.82) is 0 Å². The Kier molecular flexibility index (Phi) is 7.29. The average Bonchev–Trinajstić information content (AvgIpc) is 2.85. The Morgan fingerprint density at radius 2 is 1.74 bits per heavy atom. The summed E-state index contributed by atoms with van der Waals surface area (Å²) in [7, 11) is 1.62. The topological polar surface area (TPSA) is 98.1 Å². The monoisotopic (exact) mass is 457 g/mol. The molecule has 2 aromatic carbocycles. The van der Waals surface area contributed by atoms with Crippen molar-refractivity contribution in [3.63, 3.8) is 0 Å². The van der Waals surface area contributed by atoms with Crippen LogP contribution in [0.25, 0.3) is 16.7 Å². The van der Waals surface area contributed by atoms with Gasteiger partial charge >= 0.3 is 0 Å². The number of aryl methyl sites for hydroxylation is 1. The Hall–Kier alpha value is -4.04. The standard InChI is InChI=1S/C26H27N5O3/c1-18-22-12-13-23(32)31(24(22)30-26(29-18)28-16-17-34-2)21-10-8-20(9-11-21)25(33)27-15-14-19-6-4-3-5-7-19/h3-13H,14-17H2,1-2H3,(H,27,33)(H,28,29,30). The number of benzene rings is 2. The number of pyridine rings is 1. The minimum atomic E-state index is -0.214. The number of carbonyl (C=O) groups excluding carboxylic acids is 1. The molecule has 2 aromatic heterocycles. The highest BCUT2D eigenvalue weighted by Gasteiger charge is 2.13. The number of amides is 1. The Balaban J connectivity index is 1.56.